The van der Waals surface area contributed by atoms with Gasteiger partial charge >= 0.3 is 0 Å². The van der Waals surface area contributed by atoms with Gasteiger partial charge in [-0.05, 0) is 70.0 Å². The molecule has 2 N–H and O–H groups in total. The van der Waals surface area contributed by atoms with Gasteiger partial charge in [-0.15, -0.1) is 0 Å². The van der Waals surface area contributed by atoms with Gasteiger partial charge in [-0.25, -0.2) is 0 Å². The van der Waals surface area contributed by atoms with Crippen molar-refractivity contribution in [3.8, 4) is 0 Å². The molecule has 0 aromatic carbocycles. The lowest BCUT2D eigenvalue weighted by Crippen LogP contribution is -2.45. The molecule has 2 bridgehead atoms. The van der Waals surface area contributed by atoms with Gasteiger partial charge in [-0.2, -0.15) is 0 Å². The smallest absolute Gasteiger partial charge is 0.0223 e. The van der Waals surface area contributed by atoms with E-state index in [-0.39, 0.29) is 0 Å². The summed E-state index contributed by atoms with van der Waals surface area (Å²) in [4.78, 5) is 5.22. The van der Waals surface area contributed by atoms with E-state index in [9.17, 15) is 0 Å². The zero-order valence-corrected chi connectivity index (χ0v) is 12.7. The Kier molecular flexibility index (Phi) is 4.16. The van der Waals surface area contributed by atoms with Crippen LogP contribution in [-0.4, -0.2) is 55.1 Å². The van der Waals surface area contributed by atoms with Crippen LogP contribution in [0, 0.1) is 17.8 Å². The minimum Gasteiger partial charge on any atom is -0.327 e. The first-order valence-electron chi connectivity index (χ1n) is 8.37. The lowest BCUT2D eigenvalue weighted by Gasteiger charge is -2.34. The van der Waals surface area contributed by atoms with Crippen molar-refractivity contribution >= 4 is 0 Å². The summed E-state index contributed by atoms with van der Waals surface area (Å²) in [5.41, 5.74) is 6.44. The summed E-state index contributed by atoms with van der Waals surface area (Å²) in [5, 5.41) is 0. The standard InChI is InChI=1S/C16H31N3/c1-3-19-8-4-5-14(19)10-18(2)11-15-12-6-7-13(9-12)16(15)17/h12-16H,3-11,17H2,1-2H3. The number of likely N-dealkylation sites (N-methyl/N-ethyl adjacent to an activating group) is 2. The van der Waals surface area contributed by atoms with Gasteiger partial charge in [0.25, 0.3) is 0 Å². The van der Waals surface area contributed by atoms with Crippen molar-refractivity contribution in [2.24, 2.45) is 23.5 Å². The Hall–Kier alpha value is -0.120. The molecular formula is C16H31N3. The Morgan fingerprint density at radius 1 is 1.16 bits per heavy atom. The van der Waals surface area contributed by atoms with Gasteiger partial charge < -0.3 is 10.6 Å². The summed E-state index contributed by atoms with van der Waals surface area (Å²) in [6.07, 6.45) is 7.05. The van der Waals surface area contributed by atoms with E-state index in [1.54, 1.807) is 0 Å². The maximum Gasteiger partial charge on any atom is 0.0223 e. The minimum atomic E-state index is 0.493. The van der Waals surface area contributed by atoms with Crippen LogP contribution in [0.5, 0.6) is 0 Å². The molecule has 110 valence electrons. The maximum absolute atomic E-state index is 6.44. The number of hydrogen-bond donors (Lipinski definition) is 1. The number of hydrogen-bond acceptors (Lipinski definition) is 3. The fraction of sp³-hybridized carbons (Fsp3) is 1.00. The van der Waals surface area contributed by atoms with Crippen LogP contribution >= 0.6 is 0 Å². The fourth-order valence-electron chi connectivity index (χ4n) is 5.04. The van der Waals surface area contributed by atoms with Crippen molar-refractivity contribution in [2.45, 2.75) is 51.1 Å². The topological polar surface area (TPSA) is 32.5 Å². The summed E-state index contributed by atoms with van der Waals surface area (Å²) in [6.45, 7) is 7.30. The molecule has 0 aromatic rings. The van der Waals surface area contributed by atoms with Crippen molar-refractivity contribution in [1.29, 1.82) is 0 Å². The number of fused-ring (bicyclic) bond motifs is 2. The molecule has 0 spiro atoms. The van der Waals surface area contributed by atoms with Crippen LogP contribution < -0.4 is 5.73 Å². The van der Waals surface area contributed by atoms with Gasteiger partial charge in [0.1, 0.15) is 0 Å². The molecule has 3 rings (SSSR count). The molecule has 3 heteroatoms. The zero-order chi connectivity index (χ0) is 13.4. The zero-order valence-electron chi connectivity index (χ0n) is 12.7. The number of nitrogens with two attached hydrogens (primary N) is 1. The Labute approximate surface area is 118 Å². The first-order valence-corrected chi connectivity index (χ1v) is 8.37. The summed E-state index contributed by atoms with van der Waals surface area (Å²) in [6, 6.07) is 1.29. The van der Waals surface area contributed by atoms with Crippen LogP contribution in [-0.2, 0) is 0 Å². The monoisotopic (exact) mass is 265 g/mol. The molecule has 1 aliphatic heterocycles. The third-order valence-corrected chi connectivity index (χ3v) is 6.11. The van der Waals surface area contributed by atoms with Crippen LogP contribution in [0.1, 0.15) is 39.0 Å². The normalized spacial score (nSPS) is 42.6. The molecule has 0 amide bonds. The lowest BCUT2D eigenvalue weighted by molar-refractivity contribution is 0.155. The quantitative estimate of drug-likeness (QED) is 0.822. The predicted octanol–water partition coefficient (Wildman–Crippen LogP) is 1.78. The Balaban J connectivity index is 1.50. The van der Waals surface area contributed by atoms with E-state index in [4.69, 9.17) is 5.73 Å². The third kappa shape index (κ3) is 2.70. The largest absolute Gasteiger partial charge is 0.327 e. The molecule has 0 aromatic heterocycles. The Bertz CT molecular complexity index is 304. The van der Waals surface area contributed by atoms with E-state index < -0.39 is 0 Å². The average Bonchev–Trinajstić information content (AvgIpc) is 3.07. The molecule has 5 unspecified atom stereocenters. The third-order valence-electron chi connectivity index (χ3n) is 6.11. The van der Waals surface area contributed by atoms with E-state index in [1.165, 1.54) is 58.3 Å². The molecule has 2 aliphatic carbocycles. The minimum absolute atomic E-state index is 0.493. The number of rotatable bonds is 5. The van der Waals surface area contributed by atoms with Crippen molar-refractivity contribution < 1.29 is 0 Å². The molecule has 5 atom stereocenters. The molecule has 3 fully saturated rings. The maximum atomic E-state index is 6.44. The van der Waals surface area contributed by atoms with Crippen molar-refractivity contribution in [1.82, 2.24) is 9.80 Å². The molecule has 1 heterocycles. The van der Waals surface area contributed by atoms with Crippen LogP contribution in [0.15, 0.2) is 0 Å². The number of nitrogens with zero attached hydrogens (tertiary/aromatic N) is 2. The summed E-state index contributed by atoms with van der Waals surface area (Å²) in [7, 11) is 2.31. The lowest BCUT2D eigenvalue weighted by atomic mass is 9.84. The van der Waals surface area contributed by atoms with Crippen LogP contribution in [0.4, 0.5) is 0 Å². The highest BCUT2D eigenvalue weighted by atomic mass is 15.2. The highest BCUT2D eigenvalue weighted by Gasteiger charge is 2.45. The van der Waals surface area contributed by atoms with Gasteiger partial charge in [0.05, 0.1) is 0 Å². The second-order valence-corrected chi connectivity index (χ2v) is 7.22. The molecule has 3 nitrogen and oxygen atoms in total. The molecule has 3 aliphatic rings. The van der Waals surface area contributed by atoms with Gasteiger partial charge in [-0.1, -0.05) is 6.92 Å². The summed E-state index contributed by atoms with van der Waals surface area (Å²) in [5.74, 6) is 2.57. The van der Waals surface area contributed by atoms with Crippen LogP contribution in [0.2, 0.25) is 0 Å². The summed E-state index contributed by atoms with van der Waals surface area (Å²) < 4.78 is 0. The summed E-state index contributed by atoms with van der Waals surface area (Å²) >= 11 is 0. The second-order valence-electron chi connectivity index (χ2n) is 7.22. The van der Waals surface area contributed by atoms with Gasteiger partial charge in [0.15, 0.2) is 0 Å². The van der Waals surface area contributed by atoms with Gasteiger partial charge in [0, 0.05) is 25.2 Å². The van der Waals surface area contributed by atoms with Crippen molar-refractivity contribution in [3.05, 3.63) is 0 Å². The Morgan fingerprint density at radius 3 is 2.63 bits per heavy atom. The number of likely N-dealkylation sites (tertiary alicyclic amines) is 1. The average molecular weight is 265 g/mol. The SMILES string of the molecule is CCN1CCCC1CN(C)CC1C2CCC(C2)C1N. The van der Waals surface area contributed by atoms with Crippen LogP contribution in [0.25, 0.3) is 0 Å². The molecular weight excluding hydrogens is 234 g/mol. The second kappa shape index (κ2) is 5.71. The van der Waals surface area contributed by atoms with Crippen molar-refractivity contribution in [3.63, 3.8) is 0 Å². The van der Waals surface area contributed by atoms with E-state index in [1.807, 2.05) is 0 Å². The van der Waals surface area contributed by atoms with E-state index in [0.29, 0.717) is 6.04 Å². The van der Waals surface area contributed by atoms with Gasteiger partial charge in [0.2, 0.25) is 0 Å². The first kappa shape index (κ1) is 13.8. The molecule has 19 heavy (non-hydrogen) atoms. The molecule has 1 saturated heterocycles. The van der Waals surface area contributed by atoms with Gasteiger partial charge in [-0.3, -0.25) is 4.90 Å². The van der Waals surface area contributed by atoms with E-state index in [0.717, 1.165) is 23.8 Å². The fourth-order valence-corrected chi connectivity index (χ4v) is 5.04. The first-order chi connectivity index (χ1) is 9.19. The van der Waals surface area contributed by atoms with Crippen molar-refractivity contribution in [2.75, 3.05) is 33.2 Å². The Morgan fingerprint density at radius 2 is 1.95 bits per heavy atom. The highest BCUT2D eigenvalue weighted by Crippen LogP contribution is 2.47. The predicted molar refractivity (Wildman–Crippen MR) is 80.1 cm³/mol. The molecule has 2 saturated carbocycles. The highest BCUT2D eigenvalue weighted by molar-refractivity contribution is 4.99. The van der Waals surface area contributed by atoms with E-state index >= 15 is 0 Å². The van der Waals surface area contributed by atoms with E-state index in [2.05, 4.69) is 23.8 Å². The molecule has 0 radical (unpaired) electrons. The van der Waals surface area contributed by atoms with Crippen LogP contribution in [0.3, 0.4) is 0 Å².